The maximum atomic E-state index is 12.9. The Labute approximate surface area is 181 Å². The molecule has 3 amide bonds. The summed E-state index contributed by atoms with van der Waals surface area (Å²) in [6, 6.07) is 10.4. The smallest absolute Gasteiger partial charge is 0.322 e. The molecule has 1 aromatic carbocycles. The molecule has 7 nitrogen and oxygen atoms in total. The number of nitrogens with one attached hydrogen (secondary N) is 1. The first-order valence-electron chi connectivity index (χ1n) is 10.3. The minimum Gasteiger partial charge on any atom is -0.472 e. The van der Waals surface area contributed by atoms with Crippen molar-refractivity contribution in [2.75, 3.05) is 31.5 Å². The Bertz CT molecular complexity index is 917. The molecule has 2 aliphatic heterocycles. The summed E-state index contributed by atoms with van der Waals surface area (Å²) in [5.41, 5.74) is 1.06. The first-order valence-corrected chi connectivity index (χ1v) is 10.7. The summed E-state index contributed by atoms with van der Waals surface area (Å²) in [6.45, 7) is 2.52. The van der Waals surface area contributed by atoms with Gasteiger partial charge in [-0.3, -0.25) is 4.79 Å². The minimum atomic E-state index is -0.222. The first kappa shape index (κ1) is 20.5. The van der Waals surface area contributed by atoms with E-state index in [1.165, 1.54) is 0 Å². The molecular weight excluding hydrogens is 404 g/mol. The third-order valence-corrected chi connectivity index (χ3v) is 5.80. The van der Waals surface area contributed by atoms with Gasteiger partial charge in [0.1, 0.15) is 11.7 Å². The monoisotopic (exact) mass is 428 g/mol. The lowest BCUT2D eigenvalue weighted by Gasteiger charge is -2.27. The van der Waals surface area contributed by atoms with Gasteiger partial charge in [0, 0.05) is 32.3 Å². The van der Waals surface area contributed by atoms with Gasteiger partial charge in [0.15, 0.2) is 0 Å². The molecule has 0 saturated carbocycles. The molecule has 1 N–H and O–H groups in total. The number of hydrogen-bond donors (Lipinski definition) is 1. The molecule has 2 saturated heterocycles. The van der Waals surface area contributed by atoms with Gasteiger partial charge in [-0.25, -0.2) is 9.78 Å². The maximum Gasteiger partial charge on any atom is 0.322 e. The van der Waals surface area contributed by atoms with Crippen molar-refractivity contribution in [3.63, 3.8) is 0 Å². The first-order chi connectivity index (χ1) is 14.6. The van der Waals surface area contributed by atoms with Gasteiger partial charge in [0.2, 0.25) is 5.88 Å². The van der Waals surface area contributed by atoms with E-state index >= 15 is 0 Å². The summed E-state index contributed by atoms with van der Waals surface area (Å²) in [7, 11) is 0. The lowest BCUT2D eigenvalue weighted by molar-refractivity contribution is 0.0715. The van der Waals surface area contributed by atoms with Crippen molar-refractivity contribution in [1.82, 2.24) is 14.8 Å². The third kappa shape index (κ3) is 4.67. The van der Waals surface area contributed by atoms with Gasteiger partial charge in [0.25, 0.3) is 5.91 Å². The highest BCUT2D eigenvalue weighted by Gasteiger charge is 2.30. The molecule has 2 fully saturated rings. The fourth-order valence-electron chi connectivity index (χ4n) is 3.84. The van der Waals surface area contributed by atoms with E-state index in [0.717, 1.165) is 32.4 Å². The van der Waals surface area contributed by atoms with E-state index in [1.54, 1.807) is 35.4 Å². The van der Waals surface area contributed by atoms with Gasteiger partial charge in [0.05, 0.1) is 17.3 Å². The predicted molar refractivity (Wildman–Crippen MR) is 115 cm³/mol. The number of benzene rings is 1. The highest BCUT2D eigenvalue weighted by molar-refractivity contribution is 6.33. The Kier molecular flexibility index (Phi) is 6.38. The zero-order chi connectivity index (χ0) is 20.9. The zero-order valence-corrected chi connectivity index (χ0v) is 17.5. The van der Waals surface area contributed by atoms with Gasteiger partial charge in [-0.15, -0.1) is 0 Å². The van der Waals surface area contributed by atoms with Crippen molar-refractivity contribution < 1.29 is 14.3 Å². The number of amides is 3. The summed E-state index contributed by atoms with van der Waals surface area (Å²) in [5.74, 6) is 0.301. The van der Waals surface area contributed by atoms with Crippen LogP contribution in [0, 0.1) is 0 Å². The molecule has 158 valence electrons. The third-order valence-electron chi connectivity index (χ3n) is 5.47. The van der Waals surface area contributed by atoms with Crippen LogP contribution in [0.5, 0.6) is 5.88 Å². The van der Waals surface area contributed by atoms with Crippen molar-refractivity contribution in [2.45, 2.75) is 31.8 Å². The van der Waals surface area contributed by atoms with Crippen LogP contribution in [0.2, 0.25) is 5.02 Å². The molecule has 1 unspecified atom stereocenters. The topological polar surface area (TPSA) is 74.8 Å². The Morgan fingerprint density at radius 1 is 1.03 bits per heavy atom. The number of carbonyl (C=O) groups is 2. The van der Waals surface area contributed by atoms with Crippen LogP contribution in [0.1, 0.15) is 36.0 Å². The standard InChI is InChI=1S/C22H25ClN4O3/c23-18-8-2-3-9-19(18)25-22(29)27-14-10-16(15-27)30-20-17(7-6-11-24-20)21(28)26-12-4-1-5-13-26/h2-3,6-9,11,16H,1,4-5,10,12-15H2,(H,25,29). The van der Waals surface area contributed by atoms with Crippen molar-refractivity contribution in [2.24, 2.45) is 0 Å². The van der Waals surface area contributed by atoms with Gasteiger partial charge in [-0.1, -0.05) is 23.7 Å². The summed E-state index contributed by atoms with van der Waals surface area (Å²) < 4.78 is 6.07. The fourth-order valence-corrected chi connectivity index (χ4v) is 4.02. The van der Waals surface area contributed by atoms with E-state index in [4.69, 9.17) is 16.3 Å². The van der Waals surface area contributed by atoms with E-state index in [9.17, 15) is 9.59 Å². The lowest BCUT2D eigenvalue weighted by atomic mass is 10.1. The highest BCUT2D eigenvalue weighted by Crippen LogP contribution is 2.25. The number of nitrogens with zero attached hydrogens (tertiary/aromatic N) is 3. The number of pyridine rings is 1. The number of halogens is 1. The number of para-hydroxylation sites is 1. The summed E-state index contributed by atoms with van der Waals surface area (Å²) in [5, 5.41) is 3.33. The molecule has 2 aliphatic rings. The summed E-state index contributed by atoms with van der Waals surface area (Å²) in [6.07, 6.45) is 5.29. The van der Waals surface area contributed by atoms with Gasteiger partial charge >= 0.3 is 6.03 Å². The SMILES string of the molecule is O=C(Nc1ccccc1Cl)N1CCC(Oc2ncccc2C(=O)N2CCCCC2)C1. The van der Waals surface area contributed by atoms with Crippen LogP contribution in [0.25, 0.3) is 0 Å². The van der Waals surface area contributed by atoms with Crippen LogP contribution in [0.15, 0.2) is 42.6 Å². The number of likely N-dealkylation sites (tertiary alicyclic amines) is 2. The van der Waals surface area contributed by atoms with Gasteiger partial charge in [-0.05, 0) is 43.5 Å². The van der Waals surface area contributed by atoms with E-state index in [1.807, 2.05) is 17.0 Å². The average Bonchev–Trinajstić information content (AvgIpc) is 3.24. The van der Waals surface area contributed by atoms with E-state index < -0.39 is 0 Å². The molecule has 0 spiro atoms. The van der Waals surface area contributed by atoms with E-state index in [0.29, 0.717) is 41.7 Å². The second-order valence-corrected chi connectivity index (χ2v) is 8.00. The molecule has 0 aliphatic carbocycles. The second kappa shape index (κ2) is 9.34. The van der Waals surface area contributed by atoms with Crippen LogP contribution in [-0.4, -0.2) is 59.0 Å². The largest absolute Gasteiger partial charge is 0.472 e. The zero-order valence-electron chi connectivity index (χ0n) is 16.7. The van der Waals surface area contributed by atoms with Crippen LogP contribution in [-0.2, 0) is 0 Å². The molecule has 1 atom stereocenters. The highest BCUT2D eigenvalue weighted by atomic mass is 35.5. The number of ether oxygens (including phenoxy) is 1. The second-order valence-electron chi connectivity index (χ2n) is 7.59. The fraction of sp³-hybridized carbons (Fsp3) is 0.409. The number of urea groups is 1. The van der Waals surface area contributed by atoms with Crippen LogP contribution in [0.4, 0.5) is 10.5 Å². The van der Waals surface area contributed by atoms with Crippen LogP contribution < -0.4 is 10.1 Å². The van der Waals surface area contributed by atoms with Crippen molar-refractivity contribution >= 4 is 29.2 Å². The Balaban J connectivity index is 1.38. The lowest BCUT2D eigenvalue weighted by Crippen LogP contribution is -2.36. The molecule has 0 bridgehead atoms. The van der Waals surface area contributed by atoms with Crippen LogP contribution >= 0.6 is 11.6 Å². The number of aromatic nitrogens is 1. The van der Waals surface area contributed by atoms with Crippen molar-refractivity contribution in [3.05, 3.63) is 53.2 Å². The molecule has 8 heteroatoms. The summed E-state index contributed by atoms with van der Waals surface area (Å²) in [4.78, 5) is 33.3. The Morgan fingerprint density at radius 2 is 1.83 bits per heavy atom. The quantitative estimate of drug-likeness (QED) is 0.797. The number of carbonyl (C=O) groups excluding carboxylic acids is 2. The predicted octanol–water partition coefficient (Wildman–Crippen LogP) is 4.05. The number of piperidine rings is 1. The Morgan fingerprint density at radius 3 is 2.63 bits per heavy atom. The van der Waals surface area contributed by atoms with Gasteiger partial charge in [-0.2, -0.15) is 0 Å². The molecular formula is C22H25ClN4O3. The number of rotatable bonds is 4. The van der Waals surface area contributed by atoms with Crippen LogP contribution in [0.3, 0.4) is 0 Å². The van der Waals surface area contributed by atoms with Crippen molar-refractivity contribution in [1.29, 1.82) is 0 Å². The molecule has 0 radical (unpaired) electrons. The summed E-state index contributed by atoms with van der Waals surface area (Å²) >= 11 is 6.12. The van der Waals surface area contributed by atoms with Gasteiger partial charge < -0.3 is 19.9 Å². The number of hydrogen-bond acceptors (Lipinski definition) is 4. The maximum absolute atomic E-state index is 12.9. The van der Waals surface area contributed by atoms with Crippen molar-refractivity contribution in [3.8, 4) is 5.88 Å². The van der Waals surface area contributed by atoms with E-state index in [-0.39, 0.29) is 18.0 Å². The molecule has 1 aromatic heterocycles. The van der Waals surface area contributed by atoms with E-state index in [2.05, 4.69) is 10.3 Å². The Hall–Kier alpha value is -2.80. The normalized spacial score (nSPS) is 18.9. The molecule has 30 heavy (non-hydrogen) atoms. The average molecular weight is 429 g/mol. The molecule has 2 aromatic rings. The minimum absolute atomic E-state index is 0.0379. The number of anilines is 1. The molecule has 3 heterocycles. The molecule has 4 rings (SSSR count).